The summed E-state index contributed by atoms with van der Waals surface area (Å²) in [6.45, 7) is 3.50. The maximum Gasteiger partial charge on any atom is 0.335 e. The fraction of sp³-hybridized carbons (Fsp3) is 0.500. The number of pyridine rings is 1. The molecule has 1 N–H and O–H groups in total. The molecule has 1 atom stereocenters. The molecule has 2 rings (SSSR count). The van der Waals surface area contributed by atoms with Gasteiger partial charge in [-0.1, -0.05) is 11.8 Å². The van der Waals surface area contributed by atoms with Gasteiger partial charge in [0.2, 0.25) is 5.91 Å². The Morgan fingerprint density at radius 2 is 2.05 bits per heavy atom. The molecule has 0 aromatic carbocycles. The van der Waals surface area contributed by atoms with Crippen molar-refractivity contribution in [3.8, 4) is 0 Å². The number of carboxylic acid groups (broad SMARTS) is 1. The van der Waals surface area contributed by atoms with E-state index in [0.29, 0.717) is 5.03 Å². The highest BCUT2D eigenvalue weighted by atomic mass is 32.2. The zero-order valence-electron chi connectivity index (χ0n) is 11.4. The average Bonchev–Trinajstić information content (AvgIpc) is 2.47. The van der Waals surface area contributed by atoms with Crippen LogP contribution in [0.15, 0.2) is 23.4 Å². The van der Waals surface area contributed by atoms with Crippen LogP contribution in [0.5, 0.6) is 0 Å². The molecule has 1 saturated heterocycles. The van der Waals surface area contributed by atoms with Crippen LogP contribution < -0.4 is 0 Å². The number of rotatable bonds is 4. The third-order valence-corrected chi connectivity index (χ3v) is 4.31. The average molecular weight is 294 g/mol. The van der Waals surface area contributed by atoms with Gasteiger partial charge < -0.3 is 10.0 Å². The Bertz CT molecular complexity index is 501. The number of aromatic carboxylic acids is 1. The van der Waals surface area contributed by atoms with Crippen LogP contribution in [0.4, 0.5) is 0 Å². The fourth-order valence-electron chi connectivity index (χ4n) is 2.21. The van der Waals surface area contributed by atoms with Crippen LogP contribution in [0.3, 0.4) is 0 Å². The summed E-state index contributed by atoms with van der Waals surface area (Å²) in [5.41, 5.74) is 0.195. The molecule has 6 heteroatoms. The summed E-state index contributed by atoms with van der Waals surface area (Å²) in [4.78, 5) is 29.2. The van der Waals surface area contributed by atoms with Gasteiger partial charge in [-0.2, -0.15) is 0 Å². The lowest BCUT2D eigenvalue weighted by Gasteiger charge is -2.28. The Morgan fingerprint density at radius 1 is 1.35 bits per heavy atom. The van der Waals surface area contributed by atoms with E-state index in [4.69, 9.17) is 5.11 Å². The van der Waals surface area contributed by atoms with Crippen LogP contribution in [0.1, 0.15) is 36.5 Å². The third-order valence-electron chi connectivity index (χ3n) is 3.29. The first kappa shape index (κ1) is 14.8. The Labute approximate surface area is 122 Å². The Morgan fingerprint density at radius 3 is 2.70 bits per heavy atom. The predicted octanol–water partition coefficient (Wildman–Crippen LogP) is 2.27. The van der Waals surface area contributed by atoms with Gasteiger partial charge in [0, 0.05) is 19.3 Å². The number of hydrogen-bond acceptors (Lipinski definition) is 4. The first-order valence-electron chi connectivity index (χ1n) is 6.72. The van der Waals surface area contributed by atoms with Crippen LogP contribution >= 0.6 is 11.8 Å². The van der Waals surface area contributed by atoms with E-state index < -0.39 is 5.97 Å². The number of carbonyl (C=O) groups excluding carboxylic acids is 1. The van der Waals surface area contributed by atoms with Gasteiger partial charge in [-0.3, -0.25) is 4.79 Å². The van der Waals surface area contributed by atoms with Crippen molar-refractivity contribution in [3.63, 3.8) is 0 Å². The molecule has 1 fully saturated rings. The zero-order chi connectivity index (χ0) is 14.5. The molecule has 0 spiro atoms. The second kappa shape index (κ2) is 6.74. The lowest BCUT2D eigenvalue weighted by Crippen LogP contribution is -2.40. The monoisotopic (exact) mass is 294 g/mol. The van der Waals surface area contributed by atoms with Gasteiger partial charge in [0.05, 0.1) is 15.8 Å². The van der Waals surface area contributed by atoms with Gasteiger partial charge in [-0.05, 0) is 38.3 Å². The van der Waals surface area contributed by atoms with Crippen LogP contribution in [0.25, 0.3) is 0 Å². The highest BCUT2D eigenvalue weighted by Crippen LogP contribution is 2.24. The lowest BCUT2D eigenvalue weighted by molar-refractivity contribution is -0.131. The van der Waals surface area contributed by atoms with Gasteiger partial charge in [0.1, 0.15) is 0 Å². The molecule has 1 aromatic rings. The van der Waals surface area contributed by atoms with Crippen molar-refractivity contribution in [2.24, 2.45) is 0 Å². The van der Waals surface area contributed by atoms with Gasteiger partial charge in [0.15, 0.2) is 0 Å². The minimum absolute atomic E-state index is 0.109. The highest BCUT2D eigenvalue weighted by molar-refractivity contribution is 8.00. The van der Waals surface area contributed by atoms with Crippen molar-refractivity contribution in [2.45, 2.75) is 36.5 Å². The number of nitrogens with zero attached hydrogens (tertiary/aromatic N) is 2. The summed E-state index contributed by atoms with van der Waals surface area (Å²) >= 11 is 1.31. The van der Waals surface area contributed by atoms with E-state index in [1.165, 1.54) is 36.5 Å². The van der Waals surface area contributed by atoms with E-state index in [9.17, 15) is 9.59 Å². The number of likely N-dealkylation sites (tertiary alicyclic amines) is 1. The van der Waals surface area contributed by atoms with Crippen LogP contribution in [0, 0.1) is 0 Å². The molecule has 5 nitrogen and oxygen atoms in total. The smallest absolute Gasteiger partial charge is 0.335 e. The van der Waals surface area contributed by atoms with Crippen LogP contribution in [0.2, 0.25) is 0 Å². The largest absolute Gasteiger partial charge is 0.478 e. The van der Waals surface area contributed by atoms with Gasteiger partial charge in [0.25, 0.3) is 0 Å². The van der Waals surface area contributed by atoms with Crippen molar-refractivity contribution >= 4 is 23.6 Å². The summed E-state index contributed by atoms with van der Waals surface area (Å²) in [6.07, 6.45) is 4.78. The molecule has 1 amide bonds. The molecule has 0 saturated carbocycles. The lowest BCUT2D eigenvalue weighted by atomic mass is 10.1. The van der Waals surface area contributed by atoms with Crippen molar-refractivity contribution < 1.29 is 14.7 Å². The molecular formula is C14H18N2O3S. The molecule has 1 aliphatic heterocycles. The molecule has 1 aliphatic rings. The number of piperidine rings is 1. The van der Waals surface area contributed by atoms with E-state index in [1.54, 1.807) is 0 Å². The molecule has 0 radical (unpaired) electrons. The second-order valence-electron chi connectivity index (χ2n) is 4.83. The fourth-order valence-corrected chi connectivity index (χ4v) is 3.14. The first-order valence-corrected chi connectivity index (χ1v) is 7.60. The number of carboxylic acids is 1. The van der Waals surface area contributed by atoms with Crippen LogP contribution in [-0.4, -0.2) is 45.2 Å². The van der Waals surface area contributed by atoms with Crippen LogP contribution in [-0.2, 0) is 4.79 Å². The molecule has 20 heavy (non-hydrogen) atoms. The summed E-state index contributed by atoms with van der Waals surface area (Å²) in [6, 6.07) is 2.95. The summed E-state index contributed by atoms with van der Waals surface area (Å²) in [5.74, 6) is -0.874. The summed E-state index contributed by atoms with van der Waals surface area (Å²) < 4.78 is 0. The van der Waals surface area contributed by atoms with Crippen molar-refractivity contribution in [2.75, 3.05) is 13.1 Å². The van der Waals surface area contributed by atoms with Crippen molar-refractivity contribution in [1.29, 1.82) is 0 Å². The number of carbonyl (C=O) groups is 2. The molecule has 108 valence electrons. The first-order chi connectivity index (χ1) is 9.58. The number of hydrogen-bond donors (Lipinski definition) is 1. The summed E-state index contributed by atoms with van der Waals surface area (Å²) in [7, 11) is 0. The minimum atomic E-state index is -0.982. The van der Waals surface area contributed by atoms with E-state index in [-0.39, 0.29) is 16.7 Å². The molecule has 0 aliphatic carbocycles. The van der Waals surface area contributed by atoms with E-state index >= 15 is 0 Å². The van der Waals surface area contributed by atoms with E-state index in [2.05, 4.69) is 4.98 Å². The third kappa shape index (κ3) is 3.72. The predicted molar refractivity (Wildman–Crippen MR) is 76.9 cm³/mol. The highest BCUT2D eigenvalue weighted by Gasteiger charge is 2.23. The molecule has 1 unspecified atom stereocenters. The van der Waals surface area contributed by atoms with Gasteiger partial charge >= 0.3 is 5.97 Å². The number of aromatic nitrogens is 1. The normalized spacial score (nSPS) is 16.8. The van der Waals surface area contributed by atoms with Gasteiger partial charge in [-0.15, -0.1) is 0 Å². The van der Waals surface area contributed by atoms with Crippen molar-refractivity contribution in [3.05, 3.63) is 23.9 Å². The Balaban J connectivity index is 1.99. The van der Waals surface area contributed by atoms with Gasteiger partial charge in [-0.25, -0.2) is 9.78 Å². The topological polar surface area (TPSA) is 70.5 Å². The van der Waals surface area contributed by atoms with Crippen molar-refractivity contribution in [1.82, 2.24) is 9.88 Å². The Kier molecular flexibility index (Phi) is 5.00. The Hall–Kier alpha value is -1.56. The molecule has 2 heterocycles. The summed E-state index contributed by atoms with van der Waals surface area (Å²) in [5, 5.41) is 9.27. The quantitative estimate of drug-likeness (QED) is 0.863. The second-order valence-corrected chi connectivity index (χ2v) is 6.20. The van der Waals surface area contributed by atoms with E-state index in [1.807, 2.05) is 11.8 Å². The number of thioether (sulfide) groups is 1. The number of amides is 1. The standard InChI is InChI=1S/C14H18N2O3S/c1-10(13(17)16-7-3-2-4-8-16)20-12-9-11(14(18)19)5-6-15-12/h5-6,9-10H,2-4,7-8H2,1H3,(H,18,19). The SMILES string of the molecule is CC(Sc1cc(C(=O)O)ccn1)C(=O)N1CCCCC1. The minimum Gasteiger partial charge on any atom is -0.478 e. The molecule has 1 aromatic heterocycles. The van der Waals surface area contributed by atoms with E-state index in [0.717, 1.165) is 25.9 Å². The zero-order valence-corrected chi connectivity index (χ0v) is 12.2. The maximum absolute atomic E-state index is 12.3. The maximum atomic E-state index is 12.3. The molecule has 0 bridgehead atoms. The molecular weight excluding hydrogens is 276 g/mol.